The third-order valence-electron chi connectivity index (χ3n) is 1.12. The SMILES string of the molecule is CCCC(C)C.NC(=O)N(N)N. The van der Waals surface area contributed by atoms with Crippen molar-refractivity contribution in [1.82, 2.24) is 5.12 Å². The van der Waals surface area contributed by atoms with Crippen LogP contribution in [0.2, 0.25) is 0 Å². The van der Waals surface area contributed by atoms with Crippen molar-refractivity contribution in [2.75, 3.05) is 0 Å². The highest BCUT2D eigenvalue weighted by Crippen LogP contribution is 2.00. The molecule has 0 atom stereocenters. The minimum absolute atomic E-state index is 0.306. The number of carbonyl (C=O) groups excluding carboxylic acids is 1. The summed E-state index contributed by atoms with van der Waals surface area (Å²) in [5.74, 6) is 10.0. The van der Waals surface area contributed by atoms with Gasteiger partial charge in [0.25, 0.3) is 0 Å². The average molecular weight is 176 g/mol. The van der Waals surface area contributed by atoms with E-state index in [0.717, 1.165) is 5.92 Å². The molecule has 0 aromatic heterocycles. The lowest BCUT2D eigenvalue weighted by Crippen LogP contribution is -2.46. The molecule has 0 heterocycles. The van der Waals surface area contributed by atoms with Gasteiger partial charge in [0.05, 0.1) is 0 Å². The van der Waals surface area contributed by atoms with Crippen LogP contribution >= 0.6 is 0 Å². The van der Waals surface area contributed by atoms with E-state index >= 15 is 0 Å². The molecule has 12 heavy (non-hydrogen) atoms. The van der Waals surface area contributed by atoms with Gasteiger partial charge in [-0.2, -0.15) is 5.12 Å². The van der Waals surface area contributed by atoms with E-state index in [1.807, 2.05) is 0 Å². The van der Waals surface area contributed by atoms with E-state index in [1.54, 1.807) is 0 Å². The summed E-state index contributed by atoms with van der Waals surface area (Å²) in [6.45, 7) is 6.73. The zero-order valence-electron chi connectivity index (χ0n) is 8.08. The van der Waals surface area contributed by atoms with Crippen LogP contribution in [0.1, 0.15) is 33.6 Å². The molecule has 0 aromatic rings. The maximum atomic E-state index is 9.60. The summed E-state index contributed by atoms with van der Waals surface area (Å²) in [4.78, 5) is 9.60. The number of nitrogens with zero attached hydrogens (tertiary/aromatic N) is 1. The molecule has 5 nitrogen and oxygen atoms in total. The van der Waals surface area contributed by atoms with Gasteiger partial charge in [0.2, 0.25) is 0 Å². The fourth-order valence-corrected chi connectivity index (χ4v) is 0.577. The first-order valence-corrected chi connectivity index (χ1v) is 4.00. The summed E-state index contributed by atoms with van der Waals surface area (Å²) in [6.07, 6.45) is 2.71. The molecule has 0 aliphatic rings. The van der Waals surface area contributed by atoms with Crippen molar-refractivity contribution in [3.05, 3.63) is 0 Å². The molecule has 0 unspecified atom stereocenters. The van der Waals surface area contributed by atoms with Crippen LogP contribution in [0.4, 0.5) is 4.79 Å². The summed E-state index contributed by atoms with van der Waals surface area (Å²) in [6, 6.07) is -0.852. The second kappa shape index (κ2) is 8.29. The monoisotopic (exact) mass is 176 g/mol. The van der Waals surface area contributed by atoms with Crippen molar-refractivity contribution >= 4 is 6.03 Å². The van der Waals surface area contributed by atoms with E-state index in [-0.39, 0.29) is 0 Å². The third kappa shape index (κ3) is 16.1. The highest BCUT2D eigenvalue weighted by Gasteiger charge is 1.90. The van der Waals surface area contributed by atoms with Gasteiger partial charge >= 0.3 is 6.03 Å². The van der Waals surface area contributed by atoms with Gasteiger partial charge in [-0.25, -0.2) is 16.5 Å². The van der Waals surface area contributed by atoms with E-state index < -0.39 is 6.03 Å². The molecule has 0 bridgehead atoms. The maximum absolute atomic E-state index is 9.60. The average Bonchev–Trinajstić information content (AvgIpc) is 1.87. The molecule has 0 aliphatic heterocycles. The van der Waals surface area contributed by atoms with E-state index in [4.69, 9.17) is 0 Å². The largest absolute Gasteiger partial charge is 0.349 e. The van der Waals surface area contributed by atoms with Crippen molar-refractivity contribution in [3.8, 4) is 0 Å². The van der Waals surface area contributed by atoms with Crippen LogP contribution in [-0.2, 0) is 0 Å². The zero-order valence-corrected chi connectivity index (χ0v) is 8.08. The Balaban J connectivity index is 0. The lowest BCUT2D eigenvalue weighted by molar-refractivity contribution is 0.210. The summed E-state index contributed by atoms with van der Waals surface area (Å²) in [5, 5.41) is 0.306. The molecule has 0 aliphatic carbocycles. The fourth-order valence-electron chi connectivity index (χ4n) is 0.577. The number of carbonyl (C=O) groups is 1. The van der Waals surface area contributed by atoms with Crippen molar-refractivity contribution < 1.29 is 4.79 Å². The second-order valence-electron chi connectivity index (χ2n) is 2.93. The van der Waals surface area contributed by atoms with Crippen LogP contribution in [0.15, 0.2) is 0 Å². The Bertz CT molecular complexity index is 114. The normalized spacial score (nSPS) is 8.83. The molecule has 74 valence electrons. The summed E-state index contributed by atoms with van der Waals surface area (Å²) in [7, 11) is 0. The number of urea groups is 1. The molecular formula is C7H20N4O. The molecule has 6 N–H and O–H groups in total. The Hall–Kier alpha value is -0.810. The van der Waals surface area contributed by atoms with Crippen molar-refractivity contribution in [2.24, 2.45) is 23.3 Å². The van der Waals surface area contributed by atoms with Gasteiger partial charge < -0.3 is 5.73 Å². The Morgan fingerprint density at radius 1 is 1.42 bits per heavy atom. The molecule has 5 heteroatoms. The molecule has 0 fully saturated rings. The van der Waals surface area contributed by atoms with Crippen LogP contribution in [-0.4, -0.2) is 11.1 Å². The summed E-state index contributed by atoms with van der Waals surface area (Å²) < 4.78 is 0. The Labute approximate surface area is 73.8 Å². The van der Waals surface area contributed by atoms with Gasteiger partial charge in [-0.1, -0.05) is 33.6 Å². The van der Waals surface area contributed by atoms with Crippen LogP contribution < -0.4 is 17.4 Å². The Morgan fingerprint density at radius 2 is 1.75 bits per heavy atom. The first-order chi connectivity index (χ1) is 5.41. The van der Waals surface area contributed by atoms with Crippen molar-refractivity contribution in [1.29, 1.82) is 0 Å². The first kappa shape index (κ1) is 13.8. The minimum atomic E-state index is -0.852. The van der Waals surface area contributed by atoms with Crippen LogP contribution in [0.5, 0.6) is 0 Å². The Morgan fingerprint density at radius 3 is 1.75 bits per heavy atom. The number of primary amides is 1. The second-order valence-corrected chi connectivity index (χ2v) is 2.93. The van der Waals surface area contributed by atoms with E-state index in [0.29, 0.717) is 5.12 Å². The standard InChI is InChI=1S/C6H14.CH6N4O/c1-4-5-6(2)3;2-1(6)5(3)4/h6H,4-5H2,1-3H3;3-4H2,(H2,2,6). The van der Waals surface area contributed by atoms with Crippen LogP contribution in [0.25, 0.3) is 0 Å². The topological polar surface area (TPSA) is 98.4 Å². The molecule has 2 amide bonds. The first-order valence-electron chi connectivity index (χ1n) is 4.00. The minimum Gasteiger partial charge on any atom is -0.349 e. The van der Waals surface area contributed by atoms with Gasteiger partial charge in [-0.05, 0) is 5.92 Å². The highest BCUT2D eigenvalue weighted by molar-refractivity contribution is 5.70. The smallest absolute Gasteiger partial charge is 0.343 e. The quantitative estimate of drug-likeness (QED) is 0.325. The number of nitrogens with two attached hydrogens (primary N) is 3. The summed E-state index contributed by atoms with van der Waals surface area (Å²) >= 11 is 0. The van der Waals surface area contributed by atoms with Gasteiger partial charge in [-0.15, -0.1) is 0 Å². The summed E-state index contributed by atoms with van der Waals surface area (Å²) in [5.41, 5.74) is 4.47. The lowest BCUT2D eigenvalue weighted by atomic mass is 10.1. The Kier molecular flexibility index (Phi) is 9.50. The van der Waals surface area contributed by atoms with Crippen LogP contribution in [0, 0.1) is 5.92 Å². The number of hydrogen-bond acceptors (Lipinski definition) is 3. The lowest BCUT2D eigenvalue weighted by Gasteiger charge is -2.00. The number of rotatable bonds is 2. The van der Waals surface area contributed by atoms with Gasteiger partial charge in [0.1, 0.15) is 0 Å². The molecule has 0 radical (unpaired) electrons. The predicted octanol–water partition coefficient (Wildman–Crippen LogP) is 0.557. The predicted molar refractivity (Wildman–Crippen MR) is 49.5 cm³/mol. The van der Waals surface area contributed by atoms with Crippen molar-refractivity contribution in [3.63, 3.8) is 0 Å². The number of amides is 2. The van der Waals surface area contributed by atoms with Crippen LogP contribution in [0.3, 0.4) is 0 Å². The van der Waals surface area contributed by atoms with E-state index in [1.165, 1.54) is 12.8 Å². The third-order valence-corrected chi connectivity index (χ3v) is 1.12. The molecule has 0 saturated carbocycles. The van der Waals surface area contributed by atoms with Gasteiger partial charge in [0.15, 0.2) is 0 Å². The maximum Gasteiger partial charge on any atom is 0.343 e. The molecule has 0 aromatic carbocycles. The number of hydrazine groups is 2. The molecule has 0 saturated heterocycles. The highest BCUT2D eigenvalue weighted by atomic mass is 16.2. The van der Waals surface area contributed by atoms with E-state index in [9.17, 15) is 4.79 Å². The van der Waals surface area contributed by atoms with E-state index in [2.05, 4.69) is 38.2 Å². The molecule has 0 rings (SSSR count). The molecule has 0 spiro atoms. The van der Waals surface area contributed by atoms with Crippen molar-refractivity contribution in [2.45, 2.75) is 33.6 Å². The van der Waals surface area contributed by atoms with Gasteiger partial charge in [0, 0.05) is 0 Å². The molecular weight excluding hydrogens is 156 g/mol. The zero-order chi connectivity index (χ0) is 10.1. The number of hydrogen-bond donors (Lipinski definition) is 3. The van der Waals surface area contributed by atoms with Gasteiger partial charge in [-0.3, -0.25) is 0 Å². The fraction of sp³-hybridized carbons (Fsp3) is 0.857.